The maximum Gasteiger partial charge on any atom is 0.160 e. The highest BCUT2D eigenvalue weighted by Gasteiger charge is 2.35. The van der Waals surface area contributed by atoms with Gasteiger partial charge in [-0.3, -0.25) is 5.10 Å². The molecule has 0 radical (unpaired) electrons. The number of nitrogens with zero attached hydrogens (tertiary/aromatic N) is 2. The van der Waals surface area contributed by atoms with Crippen molar-refractivity contribution < 1.29 is 9.84 Å². The van der Waals surface area contributed by atoms with Gasteiger partial charge in [0.25, 0.3) is 0 Å². The second-order valence-electron chi connectivity index (χ2n) is 5.48. The Balaban J connectivity index is 1.82. The predicted octanol–water partition coefficient (Wildman–Crippen LogP) is 2.49. The van der Waals surface area contributed by atoms with Crippen molar-refractivity contribution in [2.75, 3.05) is 25.1 Å². The standard InChI is InChI=1S/C15H17N3O2/c1-20-12-3-2-10(8-11(12)19)14-15-13(16-17-14)9-4-6-18(15)7-5-9/h2-3,8-9,19H,4-7H2,1H3,(H,16,17). The highest BCUT2D eigenvalue weighted by atomic mass is 16.5. The molecule has 2 bridgehead atoms. The van der Waals surface area contributed by atoms with Crippen LogP contribution in [0.4, 0.5) is 5.69 Å². The summed E-state index contributed by atoms with van der Waals surface area (Å²) in [6, 6.07) is 5.44. The maximum atomic E-state index is 9.95. The summed E-state index contributed by atoms with van der Waals surface area (Å²) in [5.41, 5.74) is 4.33. The van der Waals surface area contributed by atoms with Gasteiger partial charge in [-0.1, -0.05) is 0 Å². The normalized spacial score (nSPS) is 17.4. The number of phenols is 1. The first kappa shape index (κ1) is 11.6. The zero-order chi connectivity index (χ0) is 13.7. The van der Waals surface area contributed by atoms with E-state index in [-0.39, 0.29) is 5.75 Å². The van der Waals surface area contributed by atoms with E-state index in [1.54, 1.807) is 19.2 Å². The number of piperidine rings is 1. The zero-order valence-electron chi connectivity index (χ0n) is 11.4. The summed E-state index contributed by atoms with van der Waals surface area (Å²) < 4.78 is 5.09. The zero-order valence-corrected chi connectivity index (χ0v) is 11.4. The number of aromatic hydroxyl groups is 1. The second kappa shape index (κ2) is 4.16. The van der Waals surface area contributed by atoms with Crippen molar-refractivity contribution in [1.82, 2.24) is 10.2 Å². The minimum absolute atomic E-state index is 0.151. The first-order valence-electron chi connectivity index (χ1n) is 6.98. The molecule has 5 heteroatoms. The summed E-state index contributed by atoms with van der Waals surface area (Å²) in [7, 11) is 1.55. The predicted molar refractivity (Wildman–Crippen MR) is 76.4 cm³/mol. The van der Waals surface area contributed by atoms with E-state index in [4.69, 9.17) is 4.74 Å². The molecule has 104 valence electrons. The number of phenolic OH excluding ortho intramolecular Hbond substituents is 1. The van der Waals surface area contributed by atoms with E-state index >= 15 is 0 Å². The monoisotopic (exact) mass is 271 g/mol. The van der Waals surface area contributed by atoms with Crippen LogP contribution in [0.2, 0.25) is 0 Å². The molecule has 5 rings (SSSR count). The number of benzene rings is 1. The lowest BCUT2D eigenvalue weighted by atomic mass is 9.86. The first-order chi connectivity index (χ1) is 9.78. The molecule has 2 N–H and O–H groups in total. The summed E-state index contributed by atoms with van der Waals surface area (Å²) >= 11 is 0. The van der Waals surface area contributed by atoms with Crippen LogP contribution in [-0.2, 0) is 0 Å². The molecular formula is C15H17N3O2. The summed E-state index contributed by atoms with van der Waals surface area (Å²) in [6.07, 6.45) is 2.42. The molecule has 1 aromatic carbocycles. The van der Waals surface area contributed by atoms with Gasteiger partial charge >= 0.3 is 0 Å². The number of aromatic nitrogens is 2. The Morgan fingerprint density at radius 2 is 2.15 bits per heavy atom. The van der Waals surface area contributed by atoms with Crippen LogP contribution in [0.25, 0.3) is 11.3 Å². The molecule has 2 aromatic rings. The second-order valence-corrected chi connectivity index (χ2v) is 5.48. The van der Waals surface area contributed by atoms with Crippen molar-refractivity contribution in [2.24, 2.45) is 0 Å². The molecular weight excluding hydrogens is 254 g/mol. The molecule has 3 aliphatic heterocycles. The van der Waals surface area contributed by atoms with E-state index in [1.807, 2.05) is 6.07 Å². The minimum atomic E-state index is 0.151. The van der Waals surface area contributed by atoms with Crippen molar-refractivity contribution in [3.05, 3.63) is 23.9 Å². The summed E-state index contributed by atoms with van der Waals surface area (Å²) in [5.74, 6) is 1.25. The quantitative estimate of drug-likeness (QED) is 0.881. The summed E-state index contributed by atoms with van der Waals surface area (Å²) in [5, 5.41) is 17.6. The van der Waals surface area contributed by atoms with Gasteiger partial charge in [-0.25, -0.2) is 0 Å². The lowest BCUT2D eigenvalue weighted by molar-refractivity contribution is 0.373. The number of methoxy groups -OCH3 is 1. The molecule has 0 saturated carbocycles. The van der Waals surface area contributed by atoms with E-state index in [9.17, 15) is 5.11 Å². The Kier molecular flexibility index (Phi) is 2.42. The Bertz CT molecular complexity index is 657. The Labute approximate surface area is 117 Å². The SMILES string of the molecule is COc1ccc(-c2n[nH]c3c2N2CCC3CC2)cc1O. The third-order valence-corrected chi connectivity index (χ3v) is 4.44. The number of hydrogen-bond donors (Lipinski definition) is 2. The highest BCUT2D eigenvalue weighted by molar-refractivity contribution is 5.80. The molecule has 0 unspecified atom stereocenters. The van der Waals surface area contributed by atoms with Crippen molar-refractivity contribution in [1.29, 1.82) is 0 Å². The van der Waals surface area contributed by atoms with E-state index < -0.39 is 0 Å². The largest absolute Gasteiger partial charge is 0.504 e. The van der Waals surface area contributed by atoms with Crippen LogP contribution in [-0.4, -0.2) is 35.5 Å². The van der Waals surface area contributed by atoms with Crippen molar-refractivity contribution in [3.63, 3.8) is 0 Å². The molecule has 0 amide bonds. The number of nitrogens with one attached hydrogen (secondary N) is 1. The fourth-order valence-corrected chi connectivity index (χ4v) is 3.38. The van der Waals surface area contributed by atoms with Gasteiger partial charge < -0.3 is 14.7 Å². The fraction of sp³-hybridized carbons (Fsp3) is 0.400. The van der Waals surface area contributed by atoms with Crippen LogP contribution in [0.15, 0.2) is 18.2 Å². The minimum Gasteiger partial charge on any atom is -0.504 e. The molecule has 0 atom stereocenters. The number of rotatable bonds is 2. The van der Waals surface area contributed by atoms with Crippen LogP contribution in [0.1, 0.15) is 24.5 Å². The highest BCUT2D eigenvalue weighted by Crippen LogP contribution is 2.46. The number of H-pyrrole nitrogens is 1. The number of aromatic amines is 1. The third kappa shape index (κ3) is 1.52. The maximum absolute atomic E-state index is 9.95. The lowest BCUT2D eigenvalue weighted by Crippen LogP contribution is -2.38. The first-order valence-corrected chi connectivity index (χ1v) is 6.98. The fourth-order valence-electron chi connectivity index (χ4n) is 3.38. The number of anilines is 1. The Hall–Kier alpha value is -2.17. The lowest BCUT2D eigenvalue weighted by Gasteiger charge is -2.40. The Morgan fingerprint density at radius 3 is 2.85 bits per heavy atom. The van der Waals surface area contributed by atoms with Gasteiger partial charge in [0.1, 0.15) is 5.69 Å². The van der Waals surface area contributed by atoms with Gasteiger partial charge in [-0.05, 0) is 31.0 Å². The van der Waals surface area contributed by atoms with Crippen molar-refractivity contribution >= 4 is 5.69 Å². The van der Waals surface area contributed by atoms with Gasteiger partial charge in [0.2, 0.25) is 0 Å². The number of fused-ring (bicyclic) bond motifs is 2. The van der Waals surface area contributed by atoms with Crippen molar-refractivity contribution in [2.45, 2.75) is 18.8 Å². The molecule has 1 fully saturated rings. The van der Waals surface area contributed by atoms with Gasteiger partial charge in [0, 0.05) is 24.6 Å². The number of hydrogen-bond acceptors (Lipinski definition) is 4. The topological polar surface area (TPSA) is 61.4 Å². The van der Waals surface area contributed by atoms with E-state index in [0.29, 0.717) is 11.7 Å². The van der Waals surface area contributed by atoms with Crippen LogP contribution in [0.3, 0.4) is 0 Å². The van der Waals surface area contributed by atoms with Crippen molar-refractivity contribution in [3.8, 4) is 22.8 Å². The van der Waals surface area contributed by atoms with Crippen LogP contribution < -0.4 is 9.64 Å². The summed E-state index contributed by atoms with van der Waals surface area (Å²) in [6.45, 7) is 2.21. The molecule has 20 heavy (non-hydrogen) atoms. The smallest absolute Gasteiger partial charge is 0.160 e. The molecule has 1 saturated heterocycles. The van der Waals surface area contributed by atoms with E-state index in [0.717, 1.165) is 24.3 Å². The van der Waals surface area contributed by atoms with Crippen LogP contribution in [0.5, 0.6) is 11.5 Å². The van der Waals surface area contributed by atoms with Crippen LogP contribution in [0, 0.1) is 0 Å². The van der Waals surface area contributed by atoms with Gasteiger partial charge in [0.05, 0.1) is 18.5 Å². The van der Waals surface area contributed by atoms with E-state index in [2.05, 4.69) is 15.1 Å². The Morgan fingerprint density at radius 1 is 1.35 bits per heavy atom. The average Bonchev–Trinajstić information content (AvgIpc) is 2.95. The molecule has 0 spiro atoms. The summed E-state index contributed by atoms with van der Waals surface area (Å²) in [4.78, 5) is 2.40. The van der Waals surface area contributed by atoms with Crippen LogP contribution >= 0.6 is 0 Å². The van der Waals surface area contributed by atoms with Gasteiger partial charge in [-0.15, -0.1) is 0 Å². The van der Waals surface area contributed by atoms with Gasteiger partial charge in [0.15, 0.2) is 11.5 Å². The molecule has 4 heterocycles. The third-order valence-electron chi connectivity index (χ3n) is 4.44. The molecule has 0 aliphatic carbocycles. The van der Waals surface area contributed by atoms with Gasteiger partial charge in [-0.2, -0.15) is 5.10 Å². The molecule has 5 nitrogen and oxygen atoms in total. The molecule has 3 aliphatic rings. The average molecular weight is 271 g/mol. The van der Waals surface area contributed by atoms with E-state index in [1.165, 1.54) is 24.2 Å². The molecule has 1 aromatic heterocycles. The number of ether oxygens (including phenoxy) is 1.